The number of carboxylic acids is 2. The van der Waals surface area contributed by atoms with Gasteiger partial charge in [0.2, 0.25) is 0 Å². The van der Waals surface area contributed by atoms with E-state index in [0.29, 0.717) is 30.6 Å². The molecule has 8 nitrogen and oxygen atoms in total. The lowest BCUT2D eigenvalue weighted by Gasteiger charge is -2.34. The van der Waals surface area contributed by atoms with Crippen molar-refractivity contribution in [2.24, 2.45) is 5.92 Å². The SMILES string of the molecule is CC(=O)Oc1cc2c(s1)CCN(C(C(=O)C1CC1)c1ccc(/C(=C/C(=O)O)C(=O)O)cc1F)C2. The third-order valence-electron chi connectivity index (χ3n) is 5.84. The number of ether oxygens (including phenoxy) is 1. The number of carboxylic acid groups (broad SMARTS) is 2. The third kappa shape index (κ3) is 5.07. The number of Topliss-reactive ketones (excluding diaryl/α,β-unsaturated/α-hetero) is 1. The fourth-order valence-corrected chi connectivity index (χ4v) is 5.22. The molecule has 0 saturated heterocycles. The standard InChI is InChI=1S/C24H22FNO7S/c1-12(27)33-21-9-15-11-26(7-6-19(15)34-21)22(23(30)13-2-3-13)16-5-4-14(8-18(16)25)17(24(31)32)10-20(28)29/h4-5,8-10,13,22H,2-3,6-7,11H2,1H3,(H,28,29)(H,31,32)/b17-10-. The zero-order valence-electron chi connectivity index (χ0n) is 18.2. The van der Waals surface area contributed by atoms with Crippen molar-refractivity contribution in [2.75, 3.05) is 6.54 Å². The monoisotopic (exact) mass is 487 g/mol. The molecular weight excluding hydrogens is 465 g/mol. The van der Waals surface area contributed by atoms with E-state index in [-0.39, 0.29) is 22.8 Å². The molecule has 1 unspecified atom stereocenters. The fraction of sp³-hybridized carbons (Fsp3) is 0.333. The van der Waals surface area contributed by atoms with E-state index in [0.717, 1.165) is 29.3 Å². The number of fused-ring (bicyclic) bond motifs is 1. The molecule has 1 atom stereocenters. The summed E-state index contributed by atoms with van der Waals surface area (Å²) in [4.78, 5) is 49.9. The fourth-order valence-electron chi connectivity index (χ4n) is 4.17. The molecule has 1 fully saturated rings. The van der Waals surface area contributed by atoms with Gasteiger partial charge in [0.25, 0.3) is 0 Å². The van der Waals surface area contributed by atoms with Crippen LogP contribution in [0.5, 0.6) is 5.06 Å². The topological polar surface area (TPSA) is 121 Å². The molecular formula is C24H22FNO7S. The van der Waals surface area contributed by atoms with E-state index in [9.17, 15) is 24.3 Å². The lowest BCUT2D eigenvalue weighted by molar-refractivity contribution is -0.133. The summed E-state index contributed by atoms with van der Waals surface area (Å²) in [7, 11) is 0. The molecule has 1 aliphatic heterocycles. The molecule has 0 amide bonds. The number of carbonyl (C=O) groups excluding carboxylic acids is 2. The maximum atomic E-state index is 15.3. The summed E-state index contributed by atoms with van der Waals surface area (Å²) in [6.07, 6.45) is 2.61. The number of thiophene rings is 1. The Kier molecular flexibility index (Phi) is 6.63. The number of halogens is 1. The number of ketones is 1. The molecule has 1 saturated carbocycles. The lowest BCUT2D eigenvalue weighted by Crippen LogP contribution is -2.38. The van der Waals surface area contributed by atoms with Gasteiger partial charge in [-0.15, -0.1) is 11.3 Å². The number of nitrogens with zero attached hydrogens (tertiary/aromatic N) is 1. The minimum Gasteiger partial charge on any atom is -0.478 e. The normalized spacial score (nSPS) is 17.1. The van der Waals surface area contributed by atoms with Crippen molar-refractivity contribution in [2.45, 2.75) is 38.8 Å². The first kappa shape index (κ1) is 23.8. The highest BCUT2D eigenvalue weighted by molar-refractivity contribution is 7.14. The van der Waals surface area contributed by atoms with Crippen LogP contribution in [0, 0.1) is 11.7 Å². The summed E-state index contributed by atoms with van der Waals surface area (Å²) in [5.74, 6) is -4.39. The Morgan fingerprint density at radius 1 is 1.21 bits per heavy atom. The first-order chi connectivity index (χ1) is 16.1. The van der Waals surface area contributed by atoms with Gasteiger partial charge >= 0.3 is 17.9 Å². The molecule has 2 aromatic rings. The minimum atomic E-state index is -1.50. The molecule has 1 aromatic carbocycles. The van der Waals surface area contributed by atoms with E-state index in [1.54, 1.807) is 6.07 Å². The number of benzene rings is 1. The molecule has 1 aromatic heterocycles. The van der Waals surface area contributed by atoms with Gasteiger partial charge in [0.15, 0.2) is 10.8 Å². The zero-order chi connectivity index (χ0) is 24.6. The number of rotatable bonds is 8. The first-order valence-electron chi connectivity index (χ1n) is 10.7. The number of carbonyl (C=O) groups is 4. The van der Waals surface area contributed by atoms with Gasteiger partial charge in [-0.1, -0.05) is 12.1 Å². The molecule has 0 radical (unpaired) electrons. The Bertz CT molecular complexity index is 1210. The average Bonchev–Trinajstić information content (AvgIpc) is 3.53. The molecule has 0 bridgehead atoms. The maximum Gasteiger partial charge on any atom is 0.336 e. The van der Waals surface area contributed by atoms with E-state index in [4.69, 9.17) is 9.84 Å². The minimum absolute atomic E-state index is 0.0925. The van der Waals surface area contributed by atoms with Crippen molar-refractivity contribution in [3.05, 3.63) is 57.7 Å². The van der Waals surface area contributed by atoms with E-state index in [1.165, 1.54) is 30.4 Å². The van der Waals surface area contributed by atoms with Crippen LogP contribution in [-0.2, 0) is 32.1 Å². The first-order valence-corrected chi connectivity index (χ1v) is 11.5. The summed E-state index contributed by atoms with van der Waals surface area (Å²) >= 11 is 1.38. The quantitative estimate of drug-likeness (QED) is 0.429. The number of aliphatic carboxylic acids is 2. The molecule has 34 heavy (non-hydrogen) atoms. The van der Waals surface area contributed by atoms with Gasteiger partial charge in [0, 0.05) is 42.4 Å². The summed E-state index contributed by atoms with van der Waals surface area (Å²) in [5.41, 5.74) is 0.385. The van der Waals surface area contributed by atoms with Crippen LogP contribution >= 0.6 is 11.3 Å². The van der Waals surface area contributed by atoms with Crippen LogP contribution in [0.15, 0.2) is 30.3 Å². The van der Waals surface area contributed by atoms with Gasteiger partial charge in [-0.3, -0.25) is 14.5 Å². The maximum absolute atomic E-state index is 15.3. The zero-order valence-corrected chi connectivity index (χ0v) is 19.1. The summed E-state index contributed by atoms with van der Waals surface area (Å²) in [5, 5.41) is 18.7. The van der Waals surface area contributed by atoms with Crippen molar-refractivity contribution >= 4 is 40.6 Å². The second kappa shape index (κ2) is 9.47. The van der Waals surface area contributed by atoms with Crippen molar-refractivity contribution < 1.29 is 38.5 Å². The van der Waals surface area contributed by atoms with Crippen LogP contribution in [0.1, 0.15) is 47.4 Å². The highest BCUT2D eigenvalue weighted by Gasteiger charge is 2.40. The Morgan fingerprint density at radius 3 is 2.53 bits per heavy atom. The van der Waals surface area contributed by atoms with Crippen molar-refractivity contribution in [1.82, 2.24) is 4.90 Å². The van der Waals surface area contributed by atoms with Gasteiger partial charge in [0.05, 0.1) is 11.6 Å². The molecule has 1 aliphatic carbocycles. The van der Waals surface area contributed by atoms with Gasteiger partial charge < -0.3 is 14.9 Å². The summed E-state index contributed by atoms with van der Waals surface area (Å²) in [6.45, 7) is 2.19. The van der Waals surface area contributed by atoms with Crippen LogP contribution in [0.25, 0.3) is 5.57 Å². The number of esters is 1. The van der Waals surface area contributed by atoms with E-state index in [2.05, 4.69) is 0 Å². The molecule has 4 rings (SSSR count). The largest absolute Gasteiger partial charge is 0.478 e. The molecule has 178 valence electrons. The smallest absolute Gasteiger partial charge is 0.336 e. The van der Waals surface area contributed by atoms with Crippen LogP contribution in [0.4, 0.5) is 4.39 Å². The Hall–Kier alpha value is -3.37. The molecule has 0 spiro atoms. The molecule has 10 heteroatoms. The lowest BCUT2D eigenvalue weighted by atomic mass is 9.93. The Morgan fingerprint density at radius 2 is 1.94 bits per heavy atom. The van der Waals surface area contributed by atoms with E-state index >= 15 is 4.39 Å². The Balaban J connectivity index is 1.67. The van der Waals surface area contributed by atoms with Crippen molar-refractivity contribution in [3.8, 4) is 5.06 Å². The number of hydrogen-bond acceptors (Lipinski definition) is 7. The Labute approximate surface area is 198 Å². The van der Waals surface area contributed by atoms with Gasteiger partial charge in [-0.25, -0.2) is 14.0 Å². The number of hydrogen-bond donors (Lipinski definition) is 2. The highest BCUT2D eigenvalue weighted by atomic mass is 32.1. The molecule has 2 aliphatic rings. The van der Waals surface area contributed by atoms with Crippen LogP contribution in [0.2, 0.25) is 0 Å². The van der Waals surface area contributed by atoms with E-state index < -0.39 is 35.3 Å². The van der Waals surface area contributed by atoms with Gasteiger partial charge in [-0.05, 0) is 42.5 Å². The van der Waals surface area contributed by atoms with Gasteiger partial charge in [0.1, 0.15) is 5.82 Å². The predicted octanol–water partition coefficient (Wildman–Crippen LogP) is 3.44. The van der Waals surface area contributed by atoms with Gasteiger partial charge in [-0.2, -0.15) is 0 Å². The van der Waals surface area contributed by atoms with E-state index in [1.807, 2.05) is 4.90 Å². The third-order valence-corrected chi connectivity index (χ3v) is 6.95. The summed E-state index contributed by atoms with van der Waals surface area (Å²) < 4.78 is 20.5. The van der Waals surface area contributed by atoms with Crippen molar-refractivity contribution in [1.29, 1.82) is 0 Å². The second-order valence-corrected chi connectivity index (χ2v) is 9.44. The van der Waals surface area contributed by atoms with Crippen LogP contribution in [0.3, 0.4) is 0 Å². The highest BCUT2D eigenvalue weighted by Crippen LogP contribution is 2.41. The predicted molar refractivity (Wildman–Crippen MR) is 120 cm³/mol. The average molecular weight is 488 g/mol. The molecule has 2 N–H and O–H groups in total. The molecule has 2 heterocycles. The van der Waals surface area contributed by atoms with Crippen LogP contribution < -0.4 is 4.74 Å². The second-order valence-electron chi connectivity index (χ2n) is 8.34. The van der Waals surface area contributed by atoms with Crippen molar-refractivity contribution in [3.63, 3.8) is 0 Å². The van der Waals surface area contributed by atoms with Crippen LogP contribution in [-0.4, -0.2) is 45.3 Å². The summed E-state index contributed by atoms with van der Waals surface area (Å²) in [6, 6.07) is 4.56.